The van der Waals surface area contributed by atoms with Gasteiger partial charge in [-0.05, 0) is 40.5 Å². The molecular weight excluding hydrogens is 400 g/mol. The Bertz CT molecular complexity index is 838. The summed E-state index contributed by atoms with van der Waals surface area (Å²) in [4.78, 5) is 43.9. The van der Waals surface area contributed by atoms with E-state index in [9.17, 15) is 19.5 Å². The average Bonchev–Trinajstić information content (AvgIpc) is 3.07. The third-order valence-electron chi connectivity index (χ3n) is 7.08. The lowest BCUT2D eigenvalue weighted by molar-refractivity contribution is -0.161. The van der Waals surface area contributed by atoms with Gasteiger partial charge in [0.25, 0.3) is 0 Å². The van der Waals surface area contributed by atoms with Crippen molar-refractivity contribution >= 4 is 17.8 Å². The first-order valence-electron chi connectivity index (χ1n) is 11.1. The largest absolute Gasteiger partial charge is 0.465 e. The van der Waals surface area contributed by atoms with Gasteiger partial charge in [-0.15, -0.1) is 0 Å². The monoisotopic (exact) mass is 432 g/mol. The molecule has 4 rings (SSSR count). The molecule has 0 aromatic rings. The number of nitrogens with zero attached hydrogens (tertiary/aromatic N) is 2. The number of esters is 1. The lowest BCUT2D eigenvalue weighted by Gasteiger charge is -2.40. The van der Waals surface area contributed by atoms with Crippen LogP contribution in [0.15, 0.2) is 24.3 Å². The van der Waals surface area contributed by atoms with Crippen LogP contribution >= 0.6 is 0 Å². The number of carbonyl (C=O) groups excluding carboxylic acids is 3. The van der Waals surface area contributed by atoms with Crippen molar-refractivity contribution < 1.29 is 29.0 Å². The standard InChI is InChI=1S/C23H32N2O6/c1-14(2)24-11-8-10-23-16(19(27)25(15(3)13-26)18(23)20(24)28)17-21(29)30-12-7-5-6-9-22(17,4)31-23/h6,8-10,14-18,26H,5,7,11-13H2,1-4H3/b9-6-/t15-,16+,17-,18?,22+,23+/m1/s1. The van der Waals surface area contributed by atoms with E-state index >= 15 is 0 Å². The Balaban J connectivity index is 1.90. The molecule has 4 aliphatic rings. The highest BCUT2D eigenvalue weighted by Crippen LogP contribution is 2.57. The zero-order valence-electron chi connectivity index (χ0n) is 18.6. The Morgan fingerprint density at radius 1 is 1.13 bits per heavy atom. The first kappa shape index (κ1) is 22.0. The molecule has 6 atom stereocenters. The molecule has 4 heterocycles. The van der Waals surface area contributed by atoms with Gasteiger partial charge < -0.3 is 24.4 Å². The molecule has 0 aromatic heterocycles. The SMILES string of the molecule is CC(C)N1CC=C[C@]23O[C@@]4(C)/C=C\CCCOC(=O)[C@H]4[C@H]2C(=O)N([C@H](C)CO)C3C1=O. The van der Waals surface area contributed by atoms with Crippen LogP contribution in [0.5, 0.6) is 0 Å². The number of amides is 2. The maximum absolute atomic E-state index is 13.8. The lowest BCUT2D eigenvalue weighted by Crippen LogP contribution is -2.59. The molecule has 8 heteroatoms. The van der Waals surface area contributed by atoms with E-state index in [4.69, 9.17) is 9.47 Å². The molecule has 170 valence electrons. The van der Waals surface area contributed by atoms with Gasteiger partial charge >= 0.3 is 5.97 Å². The van der Waals surface area contributed by atoms with Crippen LogP contribution in [0.1, 0.15) is 40.5 Å². The molecule has 2 amide bonds. The third kappa shape index (κ3) is 3.14. The fourth-order valence-corrected chi connectivity index (χ4v) is 5.62. The van der Waals surface area contributed by atoms with Gasteiger partial charge in [-0.3, -0.25) is 14.4 Å². The summed E-state index contributed by atoms with van der Waals surface area (Å²) in [6.07, 6.45) is 8.91. The predicted molar refractivity (Wildman–Crippen MR) is 112 cm³/mol. The van der Waals surface area contributed by atoms with Crippen LogP contribution in [-0.2, 0) is 23.9 Å². The van der Waals surface area contributed by atoms with Crippen LogP contribution in [-0.4, -0.2) is 81.8 Å². The van der Waals surface area contributed by atoms with Gasteiger partial charge in [0.15, 0.2) is 0 Å². The van der Waals surface area contributed by atoms with Gasteiger partial charge in [0.1, 0.15) is 17.6 Å². The molecule has 4 aliphatic heterocycles. The fraction of sp³-hybridized carbons (Fsp3) is 0.696. The summed E-state index contributed by atoms with van der Waals surface area (Å²) in [5, 5.41) is 9.87. The molecule has 0 saturated carbocycles. The van der Waals surface area contributed by atoms with Crippen LogP contribution in [0.3, 0.4) is 0 Å². The minimum absolute atomic E-state index is 0.0771. The molecule has 31 heavy (non-hydrogen) atoms. The second-order valence-corrected chi connectivity index (χ2v) is 9.47. The first-order chi connectivity index (χ1) is 14.7. The van der Waals surface area contributed by atoms with Gasteiger partial charge in [-0.2, -0.15) is 0 Å². The second-order valence-electron chi connectivity index (χ2n) is 9.47. The van der Waals surface area contributed by atoms with Gasteiger partial charge in [-0.25, -0.2) is 0 Å². The van der Waals surface area contributed by atoms with Crippen molar-refractivity contribution in [1.29, 1.82) is 0 Å². The molecule has 0 bridgehead atoms. The van der Waals surface area contributed by atoms with Crippen LogP contribution in [0.4, 0.5) is 0 Å². The van der Waals surface area contributed by atoms with Crippen molar-refractivity contribution in [3.05, 3.63) is 24.3 Å². The van der Waals surface area contributed by atoms with E-state index in [0.29, 0.717) is 13.0 Å². The Labute approximate surface area is 182 Å². The number of hydrogen-bond acceptors (Lipinski definition) is 6. The maximum atomic E-state index is 13.8. The van der Waals surface area contributed by atoms with Crippen LogP contribution < -0.4 is 0 Å². The number of rotatable bonds is 3. The normalized spacial score (nSPS) is 39.8. The summed E-state index contributed by atoms with van der Waals surface area (Å²) >= 11 is 0. The molecule has 0 aromatic carbocycles. The van der Waals surface area contributed by atoms with Gasteiger partial charge in [0, 0.05) is 12.6 Å². The summed E-state index contributed by atoms with van der Waals surface area (Å²) in [5.74, 6) is -2.85. The van der Waals surface area contributed by atoms with E-state index in [1.165, 1.54) is 4.90 Å². The molecule has 1 spiro atoms. The summed E-state index contributed by atoms with van der Waals surface area (Å²) < 4.78 is 12.2. The fourth-order valence-electron chi connectivity index (χ4n) is 5.62. The number of fused-ring (bicyclic) bond motifs is 2. The molecule has 8 nitrogen and oxygen atoms in total. The highest BCUT2D eigenvalue weighted by molar-refractivity contribution is 5.99. The van der Waals surface area contributed by atoms with Gasteiger partial charge in [0.2, 0.25) is 11.8 Å². The number of likely N-dealkylation sites (tertiary alicyclic amines) is 1. The quantitative estimate of drug-likeness (QED) is 0.529. The molecule has 1 unspecified atom stereocenters. The number of hydrogen-bond donors (Lipinski definition) is 1. The first-order valence-corrected chi connectivity index (χ1v) is 11.1. The lowest BCUT2D eigenvalue weighted by atomic mass is 9.74. The Kier molecular flexibility index (Phi) is 5.50. The zero-order chi connectivity index (χ0) is 22.6. The topological polar surface area (TPSA) is 96.4 Å². The number of allylic oxidation sites excluding steroid dienone is 1. The highest BCUT2D eigenvalue weighted by Gasteiger charge is 2.75. The van der Waals surface area contributed by atoms with E-state index in [2.05, 4.69) is 0 Å². The Morgan fingerprint density at radius 3 is 2.55 bits per heavy atom. The number of aliphatic hydroxyl groups excluding tert-OH is 1. The van der Waals surface area contributed by atoms with Gasteiger partial charge in [-0.1, -0.05) is 24.3 Å². The zero-order valence-corrected chi connectivity index (χ0v) is 18.6. The molecule has 2 saturated heterocycles. The summed E-state index contributed by atoms with van der Waals surface area (Å²) in [6, 6.07) is -1.63. The molecule has 1 N–H and O–H groups in total. The predicted octanol–water partition coefficient (Wildman–Crippen LogP) is 1.04. The third-order valence-corrected chi connectivity index (χ3v) is 7.08. The smallest absolute Gasteiger partial charge is 0.313 e. The van der Waals surface area contributed by atoms with Crippen molar-refractivity contribution in [2.45, 2.75) is 69.9 Å². The molecule has 0 aliphatic carbocycles. The number of ether oxygens (including phenoxy) is 2. The number of aliphatic hydroxyl groups is 1. The van der Waals surface area contributed by atoms with Crippen molar-refractivity contribution in [2.75, 3.05) is 19.8 Å². The van der Waals surface area contributed by atoms with E-state index in [-0.39, 0.29) is 31.1 Å². The van der Waals surface area contributed by atoms with Crippen LogP contribution in [0.2, 0.25) is 0 Å². The molecule has 2 fully saturated rings. The van der Waals surface area contributed by atoms with E-state index in [0.717, 1.165) is 6.42 Å². The van der Waals surface area contributed by atoms with Crippen LogP contribution in [0, 0.1) is 11.8 Å². The summed E-state index contributed by atoms with van der Waals surface area (Å²) in [6.45, 7) is 7.71. The van der Waals surface area contributed by atoms with Crippen molar-refractivity contribution in [3.8, 4) is 0 Å². The van der Waals surface area contributed by atoms with Crippen LogP contribution in [0.25, 0.3) is 0 Å². The minimum Gasteiger partial charge on any atom is -0.465 e. The highest BCUT2D eigenvalue weighted by atomic mass is 16.6. The van der Waals surface area contributed by atoms with E-state index in [1.807, 2.05) is 32.1 Å². The maximum Gasteiger partial charge on any atom is 0.313 e. The van der Waals surface area contributed by atoms with Crippen molar-refractivity contribution in [2.24, 2.45) is 11.8 Å². The van der Waals surface area contributed by atoms with E-state index < -0.39 is 41.1 Å². The number of carbonyl (C=O) groups is 3. The summed E-state index contributed by atoms with van der Waals surface area (Å²) in [5.41, 5.74) is -2.38. The van der Waals surface area contributed by atoms with Crippen molar-refractivity contribution in [3.63, 3.8) is 0 Å². The minimum atomic E-state index is -1.30. The Morgan fingerprint density at radius 2 is 1.87 bits per heavy atom. The second kappa shape index (κ2) is 7.74. The van der Waals surface area contributed by atoms with Crippen molar-refractivity contribution in [1.82, 2.24) is 9.80 Å². The molecule has 0 radical (unpaired) electrons. The van der Waals surface area contributed by atoms with Gasteiger partial charge in [0.05, 0.1) is 30.8 Å². The summed E-state index contributed by atoms with van der Waals surface area (Å²) in [7, 11) is 0. The Hall–Kier alpha value is -2.19. The number of cyclic esters (lactones) is 1. The average molecular weight is 433 g/mol. The molecular formula is C23H32N2O6. The van der Waals surface area contributed by atoms with E-state index in [1.54, 1.807) is 24.8 Å².